The molecule has 6 nitrogen and oxygen atoms in total. The number of aliphatic hydroxyl groups is 1. The maximum Gasteiger partial charge on any atom is 0.491 e. The molecule has 0 heterocycles. The Bertz CT molecular complexity index is 580. The number of sulfonamides is 1. The molecule has 0 unspecified atom stereocenters. The average molecular weight is 301 g/mol. The summed E-state index contributed by atoms with van der Waals surface area (Å²) in [5.41, 5.74) is -1.98. The quantitative estimate of drug-likeness (QED) is 0.640. The van der Waals surface area contributed by atoms with Crippen molar-refractivity contribution in [3.63, 3.8) is 0 Å². The normalized spacial score (nSPS) is 13.3. The fourth-order valence-corrected chi connectivity index (χ4v) is 1.91. The van der Waals surface area contributed by atoms with Gasteiger partial charge in [0.1, 0.15) is 0 Å². The molecule has 0 spiro atoms. The largest absolute Gasteiger partial charge is 0.491 e. The van der Waals surface area contributed by atoms with E-state index in [0.717, 1.165) is 0 Å². The molecule has 1 aromatic rings. The predicted octanol–water partition coefficient (Wildman–Crippen LogP) is -0.412. The second-order valence-corrected chi connectivity index (χ2v) is 7.22. The van der Waals surface area contributed by atoms with Crippen LogP contribution >= 0.6 is 0 Å². The van der Waals surface area contributed by atoms with E-state index in [0.29, 0.717) is 0 Å². The molecule has 0 bridgehead atoms. The van der Waals surface area contributed by atoms with E-state index >= 15 is 0 Å². The van der Waals surface area contributed by atoms with Gasteiger partial charge in [-0.3, -0.25) is 0 Å². The molecule has 0 aromatic heterocycles. The summed E-state index contributed by atoms with van der Waals surface area (Å²) in [6, 6.07) is 5.53. The molecule has 0 fully saturated rings. The fraction of sp³-hybridized carbons (Fsp3) is 0.500. The van der Waals surface area contributed by atoms with E-state index in [1.54, 1.807) is 27.7 Å². The predicted molar refractivity (Wildman–Crippen MR) is 76.9 cm³/mol. The molecule has 4 N–H and O–H groups in total. The summed E-state index contributed by atoms with van der Waals surface area (Å²) in [6.07, 6.45) is 0. The van der Waals surface area contributed by atoms with Crippen molar-refractivity contribution < 1.29 is 23.2 Å². The van der Waals surface area contributed by atoms with Crippen LogP contribution in [0.4, 0.5) is 0 Å². The third-order valence-corrected chi connectivity index (χ3v) is 4.26. The SMILES string of the molecule is CC(C)(O)C(C)(C)OB(O)c1cccc(S(N)(=O)=O)c1. The highest BCUT2D eigenvalue weighted by atomic mass is 32.2. The lowest BCUT2D eigenvalue weighted by Crippen LogP contribution is -2.53. The molecule has 0 radical (unpaired) electrons. The number of hydrogen-bond acceptors (Lipinski definition) is 5. The zero-order valence-corrected chi connectivity index (χ0v) is 12.8. The highest BCUT2D eigenvalue weighted by molar-refractivity contribution is 7.89. The lowest BCUT2D eigenvalue weighted by Gasteiger charge is -2.38. The van der Waals surface area contributed by atoms with Crippen molar-refractivity contribution in [2.45, 2.75) is 43.8 Å². The Morgan fingerprint density at radius 2 is 1.80 bits per heavy atom. The van der Waals surface area contributed by atoms with Gasteiger partial charge in [0.15, 0.2) is 0 Å². The maximum atomic E-state index is 11.3. The van der Waals surface area contributed by atoms with Crippen molar-refractivity contribution in [3.8, 4) is 0 Å². The molecule has 20 heavy (non-hydrogen) atoms. The maximum absolute atomic E-state index is 11.3. The summed E-state index contributed by atoms with van der Waals surface area (Å²) < 4.78 is 28.0. The first-order valence-corrected chi connectivity index (χ1v) is 7.60. The summed E-state index contributed by atoms with van der Waals surface area (Å²) in [7, 11) is -5.22. The van der Waals surface area contributed by atoms with Crippen molar-refractivity contribution >= 4 is 22.6 Å². The second kappa shape index (κ2) is 5.46. The van der Waals surface area contributed by atoms with Crippen molar-refractivity contribution in [1.82, 2.24) is 0 Å². The lowest BCUT2D eigenvalue weighted by molar-refractivity contribution is -0.0982. The Hall–Kier alpha value is -0.925. The summed E-state index contributed by atoms with van der Waals surface area (Å²) in [6.45, 7) is 6.36. The van der Waals surface area contributed by atoms with Gasteiger partial charge in [-0.1, -0.05) is 12.1 Å². The zero-order valence-electron chi connectivity index (χ0n) is 12.0. The molecule has 1 rings (SSSR count). The van der Waals surface area contributed by atoms with Crippen LogP contribution in [0.5, 0.6) is 0 Å². The van der Waals surface area contributed by atoms with E-state index in [-0.39, 0.29) is 10.4 Å². The standard InChI is InChI=1S/C12H20BNO5S/c1-11(2,15)12(3,4)19-13(16)9-6-5-7-10(8-9)20(14,17)18/h5-8,15-16H,1-4H3,(H2,14,17,18). The molecule has 112 valence electrons. The van der Waals surface area contributed by atoms with Crippen LogP contribution in [0, 0.1) is 0 Å². The summed E-state index contributed by atoms with van der Waals surface area (Å²) in [5.74, 6) is 0. The van der Waals surface area contributed by atoms with Crippen LogP contribution in [-0.2, 0) is 14.7 Å². The minimum absolute atomic E-state index is 0.112. The van der Waals surface area contributed by atoms with Gasteiger partial charge in [-0.2, -0.15) is 0 Å². The average Bonchev–Trinajstić information content (AvgIpc) is 2.26. The Balaban J connectivity index is 3.03. The first-order chi connectivity index (χ1) is 8.84. The van der Waals surface area contributed by atoms with Gasteiger partial charge >= 0.3 is 7.12 Å². The number of rotatable bonds is 5. The number of primary sulfonamides is 1. The van der Waals surface area contributed by atoms with Gasteiger partial charge in [0.05, 0.1) is 16.1 Å². The van der Waals surface area contributed by atoms with Crippen molar-refractivity contribution in [1.29, 1.82) is 0 Å². The zero-order chi connectivity index (χ0) is 15.8. The first kappa shape index (κ1) is 17.1. The fourth-order valence-electron chi connectivity index (χ4n) is 1.34. The third-order valence-electron chi connectivity index (χ3n) is 3.35. The highest BCUT2D eigenvalue weighted by Gasteiger charge is 2.39. The van der Waals surface area contributed by atoms with Crippen molar-refractivity contribution in [2.24, 2.45) is 5.14 Å². The van der Waals surface area contributed by atoms with Crippen LogP contribution in [0.1, 0.15) is 27.7 Å². The molecule has 1 aromatic carbocycles. The van der Waals surface area contributed by atoms with E-state index < -0.39 is 28.3 Å². The van der Waals surface area contributed by atoms with E-state index in [1.807, 2.05) is 0 Å². The molecular weight excluding hydrogens is 281 g/mol. The molecule has 0 amide bonds. The molecule has 0 atom stereocenters. The van der Waals surface area contributed by atoms with Gasteiger partial charge in [-0.05, 0) is 45.3 Å². The van der Waals surface area contributed by atoms with Gasteiger partial charge in [0.2, 0.25) is 10.0 Å². The second-order valence-electron chi connectivity index (χ2n) is 5.66. The van der Waals surface area contributed by atoms with Crippen LogP contribution in [0.15, 0.2) is 29.2 Å². The van der Waals surface area contributed by atoms with Crippen molar-refractivity contribution in [2.75, 3.05) is 0 Å². The van der Waals surface area contributed by atoms with Gasteiger partial charge in [-0.25, -0.2) is 13.6 Å². The van der Waals surface area contributed by atoms with Crippen LogP contribution in [0.3, 0.4) is 0 Å². The Morgan fingerprint density at radius 1 is 1.25 bits per heavy atom. The van der Waals surface area contributed by atoms with Gasteiger partial charge in [0, 0.05) is 0 Å². The number of nitrogens with two attached hydrogens (primary N) is 1. The Kier molecular flexibility index (Phi) is 4.67. The Labute approximate surface area is 119 Å². The van der Waals surface area contributed by atoms with Crippen LogP contribution in [-0.4, -0.2) is 36.9 Å². The van der Waals surface area contributed by atoms with Crippen LogP contribution in [0.25, 0.3) is 0 Å². The van der Waals surface area contributed by atoms with Gasteiger partial charge < -0.3 is 14.8 Å². The van der Waals surface area contributed by atoms with Gasteiger partial charge in [-0.15, -0.1) is 0 Å². The molecule has 0 saturated carbocycles. The summed E-state index contributed by atoms with van der Waals surface area (Å²) >= 11 is 0. The van der Waals surface area contributed by atoms with Crippen molar-refractivity contribution in [3.05, 3.63) is 24.3 Å². The van der Waals surface area contributed by atoms with Crippen LogP contribution < -0.4 is 10.6 Å². The molecule has 0 aliphatic heterocycles. The molecule has 0 aliphatic carbocycles. The highest BCUT2D eigenvalue weighted by Crippen LogP contribution is 2.25. The van der Waals surface area contributed by atoms with E-state index in [9.17, 15) is 18.5 Å². The minimum atomic E-state index is -3.85. The van der Waals surface area contributed by atoms with E-state index in [4.69, 9.17) is 9.79 Å². The first-order valence-electron chi connectivity index (χ1n) is 6.05. The van der Waals surface area contributed by atoms with Gasteiger partial charge in [0.25, 0.3) is 0 Å². The minimum Gasteiger partial charge on any atom is -0.423 e. The molecule has 0 aliphatic rings. The smallest absolute Gasteiger partial charge is 0.423 e. The van der Waals surface area contributed by atoms with E-state index in [1.165, 1.54) is 24.3 Å². The third kappa shape index (κ3) is 4.03. The molecule has 8 heteroatoms. The Morgan fingerprint density at radius 3 is 2.25 bits per heavy atom. The van der Waals surface area contributed by atoms with E-state index in [2.05, 4.69) is 0 Å². The molecule has 0 saturated heterocycles. The number of hydrogen-bond donors (Lipinski definition) is 3. The summed E-state index contributed by atoms with van der Waals surface area (Å²) in [5, 5.41) is 25.0. The van der Waals surface area contributed by atoms with Crippen LogP contribution in [0.2, 0.25) is 0 Å². The monoisotopic (exact) mass is 301 g/mol. The summed E-state index contributed by atoms with van der Waals surface area (Å²) in [4.78, 5) is -0.112. The molecular formula is C12H20BNO5S. The number of benzene rings is 1. The lowest BCUT2D eigenvalue weighted by atomic mass is 9.76. The topological polar surface area (TPSA) is 110 Å².